The molecule has 2 aromatic carbocycles. The highest BCUT2D eigenvalue weighted by Crippen LogP contribution is 2.18. The maximum absolute atomic E-state index is 8.55. The summed E-state index contributed by atoms with van der Waals surface area (Å²) >= 11 is 0. The predicted molar refractivity (Wildman–Crippen MR) is 83.8 cm³/mol. The van der Waals surface area contributed by atoms with Crippen molar-refractivity contribution >= 4 is 5.84 Å². The van der Waals surface area contributed by atoms with Crippen LogP contribution in [0, 0.1) is 13.8 Å². The Hall–Kier alpha value is -2.49. The van der Waals surface area contributed by atoms with Crippen LogP contribution in [0.15, 0.2) is 47.6 Å². The van der Waals surface area contributed by atoms with Crippen molar-refractivity contribution in [3.63, 3.8) is 0 Å². The fourth-order valence-electron chi connectivity index (χ4n) is 2.18. The minimum absolute atomic E-state index is 0.194. The molecule has 2 aromatic rings. The smallest absolute Gasteiger partial charge is 0.143 e. The molecule has 2 rings (SSSR count). The van der Waals surface area contributed by atoms with Crippen molar-refractivity contribution in [1.82, 2.24) is 0 Å². The van der Waals surface area contributed by atoms with Gasteiger partial charge in [-0.2, -0.15) is 0 Å². The Bertz CT molecular complexity index is 613. The van der Waals surface area contributed by atoms with Gasteiger partial charge < -0.3 is 15.7 Å². The Morgan fingerprint density at radius 3 is 2.29 bits per heavy atom. The number of aryl methyl sites for hydroxylation is 2. The summed E-state index contributed by atoms with van der Waals surface area (Å²) < 4.78 is 5.83. The summed E-state index contributed by atoms with van der Waals surface area (Å²) in [6.45, 7) is 4.73. The van der Waals surface area contributed by atoms with Crippen molar-refractivity contribution in [2.24, 2.45) is 10.9 Å². The van der Waals surface area contributed by atoms with E-state index in [2.05, 4.69) is 37.2 Å². The first-order valence-corrected chi connectivity index (χ1v) is 6.83. The van der Waals surface area contributed by atoms with E-state index in [4.69, 9.17) is 15.7 Å². The average Bonchev–Trinajstić information content (AvgIpc) is 2.48. The third-order valence-corrected chi connectivity index (χ3v) is 3.46. The largest absolute Gasteiger partial charge is 0.489 e. The molecule has 0 heterocycles. The quantitative estimate of drug-likeness (QED) is 0.383. The van der Waals surface area contributed by atoms with Crippen LogP contribution in [-0.2, 0) is 13.0 Å². The van der Waals surface area contributed by atoms with Crippen molar-refractivity contribution in [2.45, 2.75) is 26.9 Å². The van der Waals surface area contributed by atoms with Crippen LogP contribution in [0.3, 0.4) is 0 Å². The molecule has 21 heavy (non-hydrogen) atoms. The van der Waals surface area contributed by atoms with Crippen molar-refractivity contribution in [3.8, 4) is 5.75 Å². The van der Waals surface area contributed by atoms with Crippen LogP contribution in [0.25, 0.3) is 0 Å². The molecule has 0 aromatic heterocycles. The Labute approximate surface area is 124 Å². The summed E-state index contributed by atoms with van der Waals surface area (Å²) in [6, 6.07) is 13.9. The first kappa shape index (κ1) is 14.9. The zero-order chi connectivity index (χ0) is 15.2. The predicted octanol–water partition coefficient (Wildman–Crippen LogP) is 3.17. The van der Waals surface area contributed by atoms with Gasteiger partial charge >= 0.3 is 0 Å². The number of ether oxygens (including phenoxy) is 1. The van der Waals surface area contributed by atoms with Gasteiger partial charge in [0.1, 0.15) is 18.2 Å². The van der Waals surface area contributed by atoms with Crippen LogP contribution in [0.5, 0.6) is 5.75 Å². The lowest BCUT2D eigenvalue weighted by molar-refractivity contribution is 0.304. The number of benzene rings is 2. The molecule has 0 aliphatic rings. The molecule has 0 saturated carbocycles. The molecule has 0 amide bonds. The van der Waals surface area contributed by atoms with Crippen molar-refractivity contribution < 1.29 is 9.94 Å². The van der Waals surface area contributed by atoms with Crippen LogP contribution in [0.4, 0.5) is 0 Å². The lowest BCUT2D eigenvalue weighted by atomic mass is 10.0. The van der Waals surface area contributed by atoms with Gasteiger partial charge in [-0.15, -0.1) is 0 Å². The Kier molecular flexibility index (Phi) is 4.82. The zero-order valence-corrected chi connectivity index (χ0v) is 12.3. The molecule has 0 saturated heterocycles. The second-order valence-electron chi connectivity index (χ2n) is 5.07. The summed E-state index contributed by atoms with van der Waals surface area (Å²) in [7, 11) is 0. The van der Waals surface area contributed by atoms with Gasteiger partial charge in [-0.3, -0.25) is 0 Å². The molecule has 3 N–H and O–H groups in total. The van der Waals surface area contributed by atoms with Gasteiger partial charge in [0.15, 0.2) is 0 Å². The highest BCUT2D eigenvalue weighted by atomic mass is 16.5. The minimum atomic E-state index is 0.194. The second kappa shape index (κ2) is 6.79. The third-order valence-electron chi connectivity index (χ3n) is 3.46. The molecule has 0 aliphatic carbocycles. The summed E-state index contributed by atoms with van der Waals surface area (Å²) in [5.74, 6) is 1.00. The van der Waals surface area contributed by atoms with Crippen molar-refractivity contribution in [2.75, 3.05) is 0 Å². The Morgan fingerprint density at radius 1 is 1.10 bits per heavy atom. The standard InChI is InChI=1S/C17H20N2O2/c1-12-4-3-5-13(2)16(12)11-21-15-8-6-14(7-9-15)10-17(18)19-20/h3-9,20H,10-11H2,1-2H3,(H2,18,19). The van der Waals surface area contributed by atoms with E-state index in [1.54, 1.807) is 0 Å². The van der Waals surface area contributed by atoms with Crippen LogP contribution in [0.1, 0.15) is 22.3 Å². The number of nitrogens with two attached hydrogens (primary N) is 1. The normalized spacial score (nSPS) is 11.4. The first-order valence-electron chi connectivity index (χ1n) is 6.83. The van der Waals surface area contributed by atoms with E-state index >= 15 is 0 Å². The number of rotatable bonds is 5. The van der Waals surface area contributed by atoms with Crippen LogP contribution < -0.4 is 10.5 Å². The van der Waals surface area contributed by atoms with E-state index in [9.17, 15) is 0 Å². The van der Waals surface area contributed by atoms with E-state index in [1.807, 2.05) is 24.3 Å². The molecule has 0 unspecified atom stereocenters. The van der Waals surface area contributed by atoms with Crippen LogP contribution in [-0.4, -0.2) is 11.0 Å². The average molecular weight is 284 g/mol. The lowest BCUT2D eigenvalue weighted by Crippen LogP contribution is -2.14. The molecule has 0 spiro atoms. The number of amidine groups is 1. The minimum Gasteiger partial charge on any atom is -0.489 e. The molecule has 110 valence electrons. The fraction of sp³-hybridized carbons (Fsp3) is 0.235. The summed E-state index contributed by atoms with van der Waals surface area (Å²) in [4.78, 5) is 0. The number of nitrogens with zero attached hydrogens (tertiary/aromatic N) is 1. The van der Waals surface area contributed by atoms with Gasteiger partial charge in [0.05, 0.1) is 0 Å². The van der Waals surface area contributed by atoms with E-state index in [0.717, 1.165) is 11.3 Å². The van der Waals surface area contributed by atoms with Crippen molar-refractivity contribution in [3.05, 3.63) is 64.7 Å². The van der Waals surface area contributed by atoms with Gasteiger partial charge in [0, 0.05) is 6.42 Å². The van der Waals surface area contributed by atoms with Gasteiger partial charge in [-0.1, -0.05) is 35.5 Å². The molecule has 0 aliphatic heterocycles. The first-order chi connectivity index (χ1) is 10.1. The third kappa shape index (κ3) is 3.99. The molecule has 0 atom stereocenters. The molecule has 4 nitrogen and oxygen atoms in total. The van der Waals surface area contributed by atoms with E-state index < -0.39 is 0 Å². The van der Waals surface area contributed by atoms with Gasteiger partial charge in [0.25, 0.3) is 0 Å². The highest BCUT2D eigenvalue weighted by molar-refractivity contribution is 5.82. The van der Waals surface area contributed by atoms with Gasteiger partial charge in [0.2, 0.25) is 0 Å². The maximum Gasteiger partial charge on any atom is 0.143 e. The topological polar surface area (TPSA) is 67.8 Å². The molecule has 0 fully saturated rings. The molecular weight excluding hydrogens is 264 g/mol. The SMILES string of the molecule is Cc1cccc(C)c1COc1ccc(C/C(N)=N/O)cc1. The number of hydrogen-bond acceptors (Lipinski definition) is 3. The van der Waals surface area contributed by atoms with E-state index in [-0.39, 0.29) is 5.84 Å². The molecule has 0 bridgehead atoms. The highest BCUT2D eigenvalue weighted by Gasteiger charge is 2.04. The summed E-state index contributed by atoms with van der Waals surface area (Å²) in [6.07, 6.45) is 0.424. The number of hydrogen-bond donors (Lipinski definition) is 2. The molecule has 4 heteroatoms. The molecular formula is C17H20N2O2. The summed E-state index contributed by atoms with van der Waals surface area (Å²) in [5.41, 5.74) is 10.1. The summed E-state index contributed by atoms with van der Waals surface area (Å²) in [5, 5.41) is 11.5. The van der Waals surface area contributed by atoms with Crippen LogP contribution in [0.2, 0.25) is 0 Å². The van der Waals surface area contributed by atoms with E-state index in [0.29, 0.717) is 13.0 Å². The van der Waals surface area contributed by atoms with E-state index in [1.165, 1.54) is 16.7 Å². The maximum atomic E-state index is 8.55. The Morgan fingerprint density at radius 2 is 1.71 bits per heavy atom. The van der Waals surface area contributed by atoms with Gasteiger partial charge in [-0.05, 0) is 48.2 Å². The monoisotopic (exact) mass is 284 g/mol. The van der Waals surface area contributed by atoms with Crippen molar-refractivity contribution in [1.29, 1.82) is 0 Å². The molecule has 0 radical (unpaired) electrons. The van der Waals surface area contributed by atoms with Gasteiger partial charge in [-0.25, -0.2) is 0 Å². The fourth-order valence-corrected chi connectivity index (χ4v) is 2.18. The zero-order valence-electron chi connectivity index (χ0n) is 12.3. The number of oxime groups is 1. The van der Waals surface area contributed by atoms with Crippen LogP contribution >= 0.6 is 0 Å². The Balaban J connectivity index is 2.01. The second-order valence-corrected chi connectivity index (χ2v) is 5.07. The lowest BCUT2D eigenvalue weighted by Gasteiger charge is -2.11.